The van der Waals surface area contributed by atoms with E-state index in [2.05, 4.69) is 11.6 Å². The van der Waals surface area contributed by atoms with Crippen molar-refractivity contribution >= 4 is 41.0 Å². The van der Waals surface area contributed by atoms with E-state index in [-0.39, 0.29) is 24.3 Å². The third-order valence-electron chi connectivity index (χ3n) is 7.76. The number of thiazole rings is 1. The number of esters is 2. The Morgan fingerprint density at radius 3 is 2.48 bits per heavy atom. The number of hydrogen-bond acceptors (Lipinski definition) is 10. The van der Waals surface area contributed by atoms with Crippen molar-refractivity contribution in [3.8, 4) is 17.2 Å². The zero-order valence-corrected chi connectivity index (χ0v) is 29.8. The van der Waals surface area contributed by atoms with Gasteiger partial charge in [0.05, 0.1) is 42.2 Å². The van der Waals surface area contributed by atoms with Crippen molar-refractivity contribution in [2.45, 2.75) is 39.8 Å². The van der Waals surface area contributed by atoms with Crippen LogP contribution in [0.15, 0.2) is 94.4 Å². The van der Waals surface area contributed by atoms with Crippen LogP contribution >= 0.6 is 22.9 Å². The number of allylic oxidation sites excluding steroid dienone is 2. The number of rotatable bonds is 14. The Kier molecular flexibility index (Phi) is 11.9. The van der Waals surface area contributed by atoms with E-state index in [4.69, 9.17) is 35.3 Å². The van der Waals surface area contributed by atoms with Gasteiger partial charge in [-0.3, -0.25) is 9.36 Å². The summed E-state index contributed by atoms with van der Waals surface area (Å²) in [7, 11) is 1.27. The van der Waals surface area contributed by atoms with Crippen molar-refractivity contribution in [3.63, 3.8) is 0 Å². The highest BCUT2D eigenvalue weighted by molar-refractivity contribution is 7.07. The fourth-order valence-corrected chi connectivity index (χ4v) is 6.69. The Morgan fingerprint density at radius 1 is 0.980 bits per heavy atom. The molecule has 0 radical (unpaired) electrons. The van der Waals surface area contributed by atoms with Crippen LogP contribution in [-0.2, 0) is 32.1 Å². The molecule has 0 aliphatic carbocycles. The molecule has 0 amide bonds. The number of fused-ring (bicyclic) bond motifs is 1. The van der Waals surface area contributed by atoms with Gasteiger partial charge in [-0.15, -0.1) is 6.58 Å². The molecule has 0 unspecified atom stereocenters. The second kappa shape index (κ2) is 16.5. The summed E-state index contributed by atoms with van der Waals surface area (Å²) in [4.78, 5) is 44.5. The van der Waals surface area contributed by atoms with E-state index in [1.165, 1.54) is 23.0 Å². The monoisotopic (exact) mass is 716 g/mol. The molecule has 0 fully saturated rings. The highest BCUT2D eigenvalue weighted by atomic mass is 35.5. The fraction of sp³-hybridized carbons (Fsp3) is 0.263. The number of ether oxygens (including phenoxy) is 5. The zero-order valence-electron chi connectivity index (χ0n) is 28.2. The molecule has 0 N–H and O–H groups in total. The molecule has 3 aromatic carbocycles. The molecular weight excluding hydrogens is 680 g/mol. The summed E-state index contributed by atoms with van der Waals surface area (Å²) in [5.74, 6) is 0.185. The molecule has 0 spiro atoms. The second-order valence-electron chi connectivity index (χ2n) is 11.0. The highest BCUT2D eigenvalue weighted by Crippen LogP contribution is 2.36. The van der Waals surface area contributed by atoms with E-state index in [0.29, 0.717) is 62.5 Å². The van der Waals surface area contributed by atoms with Gasteiger partial charge in [-0.25, -0.2) is 14.6 Å². The van der Waals surface area contributed by atoms with Crippen LogP contribution in [0.5, 0.6) is 17.2 Å². The molecule has 10 nitrogen and oxygen atoms in total. The summed E-state index contributed by atoms with van der Waals surface area (Å²) < 4.78 is 29.7. The third kappa shape index (κ3) is 8.01. The topological polar surface area (TPSA) is 115 Å². The summed E-state index contributed by atoms with van der Waals surface area (Å²) in [6.45, 7) is 9.57. The molecule has 1 aliphatic rings. The average molecular weight is 717 g/mol. The van der Waals surface area contributed by atoms with E-state index in [0.717, 1.165) is 16.7 Å². The van der Waals surface area contributed by atoms with Gasteiger partial charge in [0.1, 0.15) is 12.4 Å². The van der Waals surface area contributed by atoms with Gasteiger partial charge in [-0.2, -0.15) is 0 Å². The fourth-order valence-electron chi connectivity index (χ4n) is 5.45. The minimum atomic E-state index is -0.877. The maximum atomic E-state index is 14.2. The summed E-state index contributed by atoms with van der Waals surface area (Å²) in [5.41, 5.74) is 3.43. The van der Waals surface area contributed by atoms with Crippen molar-refractivity contribution in [3.05, 3.63) is 132 Å². The van der Waals surface area contributed by atoms with Crippen LogP contribution in [0.25, 0.3) is 6.08 Å². The third-order valence-corrected chi connectivity index (χ3v) is 9.11. The number of aromatic nitrogens is 1. The van der Waals surface area contributed by atoms with Gasteiger partial charge in [0, 0.05) is 10.6 Å². The van der Waals surface area contributed by atoms with Crippen molar-refractivity contribution in [1.29, 1.82) is 0 Å². The molecule has 1 aromatic heterocycles. The number of halogens is 1. The highest BCUT2D eigenvalue weighted by Gasteiger charge is 2.34. The zero-order chi connectivity index (χ0) is 35.8. The van der Waals surface area contributed by atoms with Crippen molar-refractivity contribution in [1.82, 2.24) is 4.57 Å². The van der Waals surface area contributed by atoms with E-state index >= 15 is 0 Å². The number of benzene rings is 3. The summed E-state index contributed by atoms with van der Waals surface area (Å²) in [6.07, 6.45) is 4.13. The van der Waals surface area contributed by atoms with Gasteiger partial charge in [0.2, 0.25) is 0 Å². The average Bonchev–Trinajstić information content (AvgIpc) is 3.40. The SMILES string of the molecule is C=CCc1cc(/C=c2\sc3n(c2=O)[C@@H](c2ccc(OCC(=O)OC)c(OCC)c2)C(C(=O)OCC)=C(C)N=3)ccc1OCc1ccccc1Cl. The number of nitrogens with zero attached hydrogens (tertiary/aromatic N) is 2. The second-order valence-corrected chi connectivity index (χ2v) is 12.5. The van der Waals surface area contributed by atoms with E-state index in [1.807, 2.05) is 49.4 Å². The Bertz CT molecular complexity index is 2130. The lowest BCUT2D eigenvalue weighted by atomic mass is 9.95. The first-order chi connectivity index (χ1) is 24.2. The van der Waals surface area contributed by atoms with Crippen LogP contribution in [0.1, 0.15) is 49.1 Å². The maximum absolute atomic E-state index is 14.2. The lowest BCUT2D eigenvalue weighted by Gasteiger charge is -2.25. The number of hydrogen-bond donors (Lipinski definition) is 0. The Morgan fingerprint density at radius 2 is 1.76 bits per heavy atom. The van der Waals surface area contributed by atoms with E-state index < -0.39 is 18.0 Å². The van der Waals surface area contributed by atoms with E-state index in [9.17, 15) is 14.4 Å². The molecule has 0 bridgehead atoms. The van der Waals surface area contributed by atoms with Crippen LogP contribution in [0.4, 0.5) is 0 Å². The largest absolute Gasteiger partial charge is 0.490 e. The molecule has 0 saturated carbocycles. The Balaban J connectivity index is 1.58. The van der Waals surface area contributed by atoms with Crippen molar-refractivity contribution in [2.24, 2.45) is 4.99 Å². The van der Waals surface area contributed by atoms with Gasteiger partial charge in [-0.05, 0) is 80.3 Å². The minimum absolute atomic E-state index is 0.141. The molecule has 12 heteroatoms. The smallest absolute Gasteiger partial charge is 0.343 e. The normalized spacial score (nSPS) is 14.0. The van der Waals surface area contributed by atoms with E-state index in [1.54, 1.807) is 44.2 Å². The predicted octanol–water partition coefficient (Wildman–Crippen LogP) is 5.71. The predicted molar refractivity (Wildman–Crippen MR) is 192 cm³/mol. The first kappa shape index (κ1) is 36.2. The maximum Gasteiger partial charge on any atom is 0.343 e. The summed E-state index contributed by atoms with van der Waals surface area (Å²) >= 11 is 7.55. The van der Waals surface area contributed by atoms with Gasteiger partial charge in [0.25, 0.3) is 5.56 Å². The molecule has 0 saturated heterocycles. The van der Waals surface area contributed by atoms with Crippen LogP contribution in [0.3, 0.4) is 0 Å². The lowest BCUT2D eigenvalue weighted by Crippen LogP contribution is -2.40. The molecule has 4 aromatic rings. The van der Waals surface area contributed by atoms with Crippen LogP contribution in [-0.4, -0.2) is 43.4 Å². The first-order valence-electron chi connectivity index (χ1n) is 15.9. The van der Waals surface area contributed by atoms with Gasteiger partial charge in [-0.1, -0.05) is 59.3 Å². The lowest BCUT2D eigenvalue weighted by molar-refractivity contribution is -0.143. The molecule has 5 rings (SSSR count). The Labute approximate surface area is 298 Å². The van der Waals surface area contributed by atoms with Crippen LogP contribution in [0.2, 0.25) is 5.02 Å². The Hall–Kier alpha value is -5.13. The summed E-state index contributed by atoms with van der Waals surface area (Å²) in [6, 6.07) is 17.4. The number of carbonyl (C=O) groups is 2. The molecule has 260 valence electrons. The standard InChI is InChI=1S/C38H37ClN2O8S/c1-6-11-25-18-24(14-16-29(25)48-21-27-12-9-10-13-28(27)39)19-32-36(43)41-35(34(37(44)47-8-3)23(4)40-38(41)50-32)26-15-17-30(31(20-26)46-7-2)49-22-33(42)45-5/h6,9-10,12-20,35H,1,7-8,11,21-22H2,2-5H3/b32-19-/t35-/m0/s1. The van der Waals surface area contributed by atoms with Gasteiger partial charge >= 0.3 is 11.9 Å². The van der Waals surface area contributed by atoms with Crippen LogP contribution in [0, 0.1) is 0 Å². The molecule has 1 aliphatic heterocycles. The van der Waals surface area contributed by atoms with Crippen LogP contribution < -0.4 is 29.1 Å². The molecule has 1 atom stereocenters. The van der Waals surface area contributed by atoms with Crippen molar-refractivity contribution in [2.75, 3.05) is 26.9 Å². The minimum Gasteiger partial charge on any atom is -0.490 e. The molecule has 50 heavy (non-hydrogen) atoms. The molecule has 2 heterocycles. The molecular formula is C38H37ClN2O8S. The van der Waals surface area contributed by atoms with Crippen molar-refractivity contribution < 1.29 is 33.3 Å². The quantitative estimate of drug-likeness (QED) is 0.121. The number of carbonyl (C=O) groups excluding carboxylic acids is 2. The van der Waals surface area contributed by atoms with Gasteiger partial charge in [0.15, 0.2) is 22.9 Å². The van der Waals surface area contributed by atoms with Gasteiger partial charge < -0.3 is 23.7 Å². The summed E-state index contributed by atoms with van der Waals surface area (Å²) in [5, 5.41) is 0.626. The first-order valence-corrected chi connectivity index (χ1v) is 17.1. The number of methoxy groups -OCH3 is 1.